The molecule has 7 nitrogen and oxygen atoms in total. The zero-order chi connectivity index (χ0) is 21.4. The average molecular weight is 412 g/mol. The van der Waals surface area contributed by atoms with Crippen LogP contribution in [0.1, 0.15) is 24.1 Å². The second kappa shape index (κ2) is 10.1. The van der Waals surface area contributed by atoms with Gasteiger partial charge in [-0.15, -0.1) is 13.2 Å². The van der Waals surface area contributed by atoms with Gasteiger partial charge in [-0.05, 0) is 27.1 Å². The number of benzene rings is 1. The molecule has 1 aromatic heterocycles. The topological polar surface area (TPSA) is 66.7 Å². The maximum Gasteiger partial charge on any atom is 0.573 e. The van der Waals surface area contributed by atoms with Crippen LogP contribution in [0.4, 0.5) is 13.2 Å². The molecule has 1 atom stereocenters. The number of likely N-dealkylation sites (N-methyl/N-ethyl adjacent to an activating group) is 1. The molecule has 0 aliphatic carbocycles. The highest BCUT2D eigenvalue weighted by molar-refractivity contribution is 5.79. The number of nitrogens with one attached hydrogen (secondary N) is 2. The minimum absolute atomic E-state index is 0.0428. The Morgan fingerprint density at radius 3 is 2.59 bits per heavy atom. The number of halogens is 3. The van der Waals surface area contributed by atoms with E-state index in [2.05, 4.69) is 30.4 Å². The molecule has 0 radical (unpaired) electrons. The van der Waals surface area contributed by atoms with Crippen LogP contribution in [0.3, 0.4) is 0 Å². The predicted octanol–water partition coefficient (Wildman–Crippen LogP) is 2.68. The highest BCUT2D eigenvalue weighted by Gasteiger charge is 2.31. The van der Waals surface area contributed by atoms with Crippen LogP contribution >= 0.6 is 0 Å². The average Bonchev–Trinajstić information content (AvgIpc) is 3.05. The summed E-state index contributed by atoms with van der Waals surface area (Å²) in [5.41, 5.74) is 1.39. The van der Waals surface area contributed by atoms with E-state index in [-0.39, 0.29) is 18.3 Å². The van der Waals surface area contributed by atoms with Crippen LogP contribution < -0.4 is 15.4 Å². The van der Waals surface area contributed by atoms with E-state index >= 15 is 0 Å². The third-order valence-electron chi connectivity index (χ3n) is 4.15. The van der Waals surface area contributed by atoms with Crippen LogP contribution in [0.15, 0.2) is 41.7 Å². The lowest BCUT2D eigenvalue weighted by Crippen LogP contribution is -2.41. The summed E-state index contributed by atoms with van der Waals surface area (Å²) in [7, 11) is 5.79. The number of aryl methyl sites for hydroxylation is 1. The highest BCUT2D eigenvalue weighted by Crippen LogP contribution is 2.26. The van der Waals surface area contributed by atoms with E-state index in [4.69, 9.17) is 0 Å². The summed E-state index contributed by atoms with van der Waals surface area (Å²) in [5, 5.41) is 10.6. The molecule has 0 saturated heterocycles. The monoisotopic (exact) mass is 412 g/mol. The maximum atomic E-state index is 12.6. The van der Waals surface area contributed by atoms with Gasteiger partial charge in [-0.1, -0.05) is 18.2 Å². The quantitative estimate of drug-likeness (QED) is 0.516. The summed E-state index contributed by atoms with van der Waals surface area (Å²) in [4.78, 5) is 6.47. The Balaban J connectivity index is 2.10. The Morgan fingerprint density at radius 1 is 1.28 bits per heavy atom. The normalized spacial score (nSPS) is 13.4. The minimum atomic E-state index is -4.74. The molecule has 2 N–H and O–H groups in total. The maximum absolute atomic E-state index is 12.6. The van der Waals surface area contributed by atoms with Crippen molar-refractivity contribution in [2.75, 3.05) is 27.2 Å². The zero-order valence-electron chi connectivity index (χ0n) is 17.0. The summed E-state index contributed by atoms with van der Waals surface area (Å²) in [6.07, 6.45) is -0.993. The predicted molar refractivity (Wildman–Crippen MR) is 106 cm³/mol. The number of nitrogens with zero attached hydrogens (tertiary/aromatic N) is 4. The molecule has 0 aliphatic heterocycles. The fraction of sp³-hybridized carbons (Fsp3) is 0.474. The first-order valence-electron chi connectivity index (χ1n) is 9.20. The van der Waals surface area contributed by atoms with E-state index < -0.39 is 6.36 Å². The number of aliphatic imine (C=N–C) groups is 1. The SMILES string of the molecule is CCNC(=NCc1ccccc1OC(F)(F)F)NCC(c1cnn(C)c1)N(C)C. The summed E-state index contributed by atoms with van der Waals surface area (Å²) in [5.74, 6) is 0.256. The fourth-order valence-electron chi connectivity index (χ4n) is 2.77. The molecule has 0 aliphatic rings. The second-order valence-corrected chi connectivity index (χ2v) is 6.66. The van der Waals surface area contributed by atoms with Crippen LogP contribution in [0, 0.1) is 0 Å². The third kappa shape index (κ3) is 7.30. The first kappa shape index (κ1) is 22.5. The minimum Gasteiger partial charge on any atom is -0.405 e. The summed E-state index contributed by atoms with van der Waals surface area (Å²) in [6, 6.07) is 6.04. The number of guanidine groups is 1. The van der Waals surface area contributed by atoms with E-state index in [0.717, 1.165) is 5.56 Å². The lowest BCUT2D eigenvalue weighted by molar-refractivity contribution is -0.274. The van der Waals surface area contributed by atoms with Crippen LogP contribution in [-0.2, 0) is 13.6 Å². The molecule has 0 fully saturated rings. The molecule has 1 heterocycles. The Kier molecular flexibility index (Phi) is 7.89. The van der Waals surface area contributed by atoms with Gasteiger partial charge in [0, 0.05) is 37.5 Å². The number of alkyl halides is 3. The third-order valence-corrected chi connectivity index (χ3v) is 4.15. The Morgan fingerprint density at radius 2 is 2.00 bits per heavy atom. The molecule has 0 bridgehead atoms. The fourth-order valence-corrected chi connectivity index (χ4v) is 2.77. The van der Waals surface area contributed by atoms with Gasteiger partial charge in [0.15, 0.2) is 5.96 Å². The molecule has 0 amide bonds. The molecule has 10 heteroatoms. The largest absolute Gasteiger partial charge is 0.573 e. The van der Waals surface area contributed by atoms with E-state index in [1.165, 1.54) is 12.1 Å². The van der Waals surface area contributed by atoms with Gasteiger partial charge in [-0.25, -0.2) is 4.99 Å². The van der Waals surface area contributed by atoms with Gasteiger partial charge in [0.05, 0.1) is 18.8 Å². The molecule has 0 saturated carbocycles. The molecule has 160 valence electrons. The summed E-state index contributed by atoms with van der Waals surface area (Å²) in [6.45, 7) is 3.13. The van der Waals surface area contributed by atoms with Gasteiger partial charge < -0.3 is 20.3 Å². The van der Waals surface area contributed by atoms with Crippen molar-refractivity contribution in [3.63, 3.8) is 0 Å². The van der Waals surface area contributed by atoms with Crippen molar-refractivity contribution in [2.24, 2.45) is 12.0 Å². The first-order chi connectivity index (χ1) is 13.7. The number of ether oxygens (including phenoxy) is 1. The molecular formula is C19H27F3N6O. The lowest BCUT2D eigenvalue weighted by Gasteiger charge is -2.24. The van der Waals surface area contributed by atoms with Gasteiger partial charge in [0.1, 0.15) is 5.75 Å². The van der Waals surface area contributed by atoms with Gasteiger partial charge in [-0.3, -0.25) is 4.68 Å². The molecule has 29 heavy (non-hydrogen) atoms. The Labute approximate surface area is 168 Å². The first-order valence-corrected chi connectivity index (χ1v) is 9.20. The van der Waals surface area contributed by atoms with E-state index in [9.17, 15) is 13.2 Å². The zero-order valence-corrected chi connectivity index (χ0v) is 17.0. The molecule has 2 aromatic rings. The van der Waals surface area contributed by atoms with Crippen molar-refractivity contribution in [1.82, 2.24) is 25.3 Å². The standard InChI is InChI=1S/C19H27F3N6O/c1-5-23-18(25-12-16(27(2)3)15-11-26-28(4)13-15)24-10-14-8-6-7-9-17(14)29-19(20,21)22/h6-9,11,13,16H,5,10,12H2,1-4H3,(H2,23,24,25). The van der Waals surface area contributed by atoms with Crippen LogP contribution in [-0.4, -0.2) is 54.2 Å². The molecule has 1 aromatic carbocycles. The molecule has 1 unspecified atom stereocenters. The Hall–Kier alpha value is -2.75. The van der Waals surface area contributed by atoms with Crippen LogP contribution in [0.2, 0.25) is 0 Å². The van der Waals surface area contributed by atoms with Crippen molar-refractivity contribution in [3.8, 4) is 5.75 Å². The summed E-state index contributed by atoms with van der Waals surface area (Å²) < 4.78 is 43.6. The number of hydrogen-bond donors (Lipinski definition) is 2. The van der Waals surface area contributed by atoms with E-state index in [1.54, 1.807) is 23.0 Å². The van der Waals surface area contributed by atoms with E-state index in [1.807, 2.05) is 34.3 Å². The second-order valence-electron chi connectivity index (χ2n) is 6.66. The number of para-hydroxylation sites is 1. The number of rotatable bonds is 8. The van der Waals surface area contributed by atoms with Crippen LogP contribution in [0.5, 0.6) is 5.75 Å². The highest BCUT2D eigenvalue weighted by atomic mass is 19.4. The van der Waals surface area contributed by atoms with Gasteiger partial charge in [-0.2, -0.15) is 5.10 Å². The van der Waals surface area contributed by atoms with Gasteiger partial charge >= 0.3 is 6.36 Å². The molecule has 2 rings (SSSR count). The van der Waals surface area contributed by atoms with E-state index in [0.29, 0.717) is 24.6 Å². The van der Waals surface area contributed by atoms with Crippen molar-refractivity contribution in [2.45, 2.75) is 25.9 Å². The summed E-state index contributed by atoms with van der Waals surface area (Å²) >= 11 is 0. The molecular weight excluding hydrogens is 385 g/mol. The molecule has 0 spiro atoms. The number of aromatic nitrogens is 2. The van der Waals surface area contributed by atoms with Crippen molar-refractivity contribution in [3.05, 3.63) is 47.8 Å². The Bertz CT molecular complexity index is 803. The van der Waals surface area contributed by atoms with Crippen molar-refractivity contribution in [1.29, 1.82) is 0 Å². The number of hydrogen-bond acceptors (Lipinski definition) is 4. The lowest BCUT2D eigenvalue weighted by atomic mass is 10.1. The van der Waals surface area contributed by atoms with Gasteiger partial charge in [0.2, 0.25) is 0 Å². The van der Waals surface area contributed by atoms with Crippen molar-refractivity contribution >= 4 is 5.96 Å². The van der Waals surface area contributed by atoms with Crippen LogP contribution in [0.25, 0.3) is 0 Å². The van der Waals surface area contributed by atoms with Crippen molar-refractivity contribution < 1.29 is 17.9 Å². The van der Waals surface area contributed by atoms with Gasteiger partial charge in [0.25, 0.3) is 0 Å². The smallest absolute Gasteiger partial charge is 0.405 e.